The van der Waals surface area contributed by atoms with Gasteiger partial charge in [0.25, 0.3) is 0 Å². The number of aryl methyl sites for hydroxylation is 1. The first kappa shape index (κ1) is 16.6. The number of carbonyl (C=O) groups excluding carboxylic acids is 1. The Bertz CT molecular complexity index is 530. The van der Waals surface area contributed by atoms with E-state index in [1.54, 1.807) is 0 Å². The summed E-state index contributed by atoms with van der Waals surface area (Å²) in [6.45, 7) is 3.00. The lowest BCUT2D eigenvalue weighted by Gasteiger charge is -2.04. The molecule has 6 heteroatoms. The molecular formula is C14H18ClN3OS. The molecule has 4 nitrogen and oxygen atoms in total. The molecule has 0 aliphatic rings. The van der Waals surface area contributed by atoms with E-state index >= 15 is 0 Å². The van der Waals surface area contributed by atoms with Gasteiger partial charge in [0.15, 0.2) is 5.13 Å². The highest BCUT2D eigenvalue weighted by Crippen LogP contribution is 2.13. The number of benzene rings is 1. The molecule has 0 saturated heterocycles. The molecule has 2 aromatic rings. The third-order valence-corrected chi connectivity index (χ3v) is 3.46. The summed E-state index contributed by atoms with van der Waals surface area (Å²) in [7, 11) is 0. The number of nitrogens with one attached hydrogen (secondary N) is 2. The molecule has 108 valence electrons. The third-order valence-electron chi connectivity index (χ3n) is 2.58. The Balaban J connectivity index is 0.00000200. The van der Waals surface area contributed by atoms with Gasteiger partial charge in [0.1, 0.15) is 0 Å². The summed E-state index contributed by atoms with van der Waals surface area (Å²) in [6, 6.07) is 10.2. The number of aromatic nitrogens is 1. The summed E-state index contributed by atoms with van der Waals surface area (Å²) in [6.07, 6.45) is 0.921. The molecule has 1 aromatic heterocycles. The fraction of sp³-hybridized carbons (Fsp3) is 0.286. The fourth-order valence-corrected chi connectivity index (χ4v) is 2.36. The molecule has 20 heavy (non-hydrogen) atoms. The lowest BCUT2D eigenvalue weighted by Crippen LogP contribution is -2.29. The Morgan fingerprint density at radius 2 is 2.05 bits per heavy atom. The second kappa shape index (κ2) is 8.68. The highest BCUT2D eigenvalue weighted by Gasteiger charge is 2.04. The van der Waals surface area contributed by atoms with E-state index in [4.69, 9.17) is 0 Å². The lowest BCUT2D eigenvalue weighted by atomic mass is 10.1. The van der Waals surface area contributed by atoms with Crippen molar-refractivity contribution in [3.63, 3.8) is 0 Å². The zero-order valence-corrected chi connectivity index (χ0v) is 12.9. The number of anilines is 1. The van der Waals surface area contributed by atoms with Crippen LogP contribution in [0, 0.1) is 6.92 Å². The zero-order chi connectivity index (χ0) is 13.5. The number of hydrogen-bond acceptors (Lipinski definition) is 4. The number of carbonyl (C=O) groups is 1. The average molecular weight is 312 g/mol. The quantitative estimate of drug-likeness (QED) is 0.806. The van der Waals surface area contributed by atoms with Gasteiger partial charge in [-0.15, -0.1) is 23.7 Å². The summed E-state index contributed by atoms with van der Waals surface area (Å²) >= 11 is 1.44. The molecule has 0 spiro atoms. The minimum absolute atomic E-state index is 0. The Hall–Kier alpha value is -1.43. The molecule has 0 saturated carbocycles. The van der Waals surface area contributed by atoms with Crippen molar-refractivity contribution >= 4 is 34.8 Å². The smallest absolute Gasteiger partial charge is 0.240 e. The summed E-state index contributed by atoms with van der Waals surface area (Å²) in [5.74, 6) is -0.0533. The van der Waals surface area contributed by atoms with E-state index in [-0.39, 0.29) is 18.3 Å². The number of rotatable bonds is 6. The zero-order valence-electron chi connectivity index (χ0n) is 11.3. The van der Waals surface area contributed by atoms with Gasteiger partial charge >= 0.3 is 0 Å². The standard InChI is InChI=1S/C14H17N3OS.ClH/c1-11-10-19-14(16-11)17-13(18)9-15-8-7-12-5-3-2-4-6-12;/h2-6,10,15H,7-9H2,1H3,(H,16,17,18);1H. The van der Waals surface area contributed by atoms with Crippen LogP contribution in [0.2, 0.25) is 0 Å². The molecule has 0 aliphatic carbocycles. The molecule has 0 unspecified atom stereocenters. The second-order valence-corrected chi connectivity index (χ2v) is 5.11. The van der Waals surface area contributed by atoms with Crippen molar-refractivity contribution in [2.75, 3.05) is 18.4 Å². The highest BCUT2D eigenvalue weighted by atomic mass is 35.5. The number of amides is 1. The fourth-order valence-electron chi connectivity index (χ4n) is 1.65. The minimum atomic E-state index is -0.0533. The molecular weight excluding hydrogens is 294 g/mol. The van der Waals surface area contributed by atoms with Gasteiger partial charge in [-0.1, -0.05) is 30.3 Å². The van der Waals surface area contributed by atoms with Gasteiger partial charge in [-0.25, -0.2) is 4.98 Å². The van der Waals surface area contributed by atoms with E-state index < -0.39 is 0 Å². The van der Waals surface area contributed by atoms with Crippen LogP contribution in [0.25, 0.3) is 0 Å². The molecule has 1 aromatic carbocycles. The van der Waals surface area contributed by atoms with E-state index in [9.17, 15) is 4.79 Å². The normalized spacial score (nSPS) is 9.85. The van der Waals surface area contributed by atoms with Crippen molar-refractivity contribution in [1.29, 1.82) is 0 Å². The molecule has 0 atom stereocenters. The summed E-state index contributed by atoms with van der Waals surface area (Å²) in [5.41, 5.74) is 2.20. The summed E-state index contributed by atoms with van der Waals surface area (Å²) in [4.78, 5) is 15.8. The molecule has 1 heterocycles. The highest BCUT2D eigenvalue weighted by molar-refractivity contribution is 7.13. The number of halogens is 1. The first-order chi connectivity index (χ1) is 9.24. The van der Waals surface area contributed by atoms with Crippen molar-refractivity contribution in [3.05, 3.63) is 47.0 Å². The monoisotopic (exact) mass is 311 g/mol. The van der Waals surface area contributed by atoms with Crippen LogP contribution in [-0.4, -0.2) is 24.0 Å². The van der Waals surface area contributed by atoms with E-state index in [1.165, 1.54) is 16.9 Å². The van der Waals surface area contributed by atoms with E-state index in [0.29, 0.717) is 11.7 Å². The van der Waals surface area contributed by atoms with Crippen LogP contribution < -0.4 is 10.6 Å². The van der Waals surface area contributed by atoms with E-state index in [1.807, 2.05) is 30.5 Å². The first-order valence-corrected chi connectivity index (χ1v) is 7.08. The van der Waals surface area contributed by atoms with Crippen molar-refractivity contribution in [3.8, 4) is 0 Å². The average Bonchev–Trinajstić information content (AvgIpc) is 2.81. The van der Waals surface area contributed by atoms with Gasteiger partial charge in [0.2, 0.25) is 5.91 Å². The maximum absolute atomic E-state index is 11.6. The molecule has 0 aliphatic heterocycles. The molecule has 0 fully saturated rings. The number of nitrogens with zero attached hydrogens (tertiary/aromatic N) is 1. The van der Waals surface area contributed by atoms with Crippen LogP contribution in [0.3, 0.4) is 0 Å². The minimum Gasteiger partial charge on any atom is -0.308 e. The van der Waals surface area contributed by atoms with Crippen molar-refractivity contribution in [2.45, 2.75) is 13.3 Å². The summed E-state index contributed by atoms with van der Waals surface area (Å²) < 4.78 is 0. The third kappa shape index (κ3) is 5.69. The summed E-state index contributed by atoms with van der Waals surface area (Å²) in [5, 5.41) is 8.47. The maximum atomic E-state index is 11.6. The van der Waals surface area contributed by atoms with Crippen molar-refractivity contribution in [1.82, 2.24) is 10.3 Å². The Morgan fingerprint density at radius 1 is 1.30 bits per heavy atom. The predicted molar refractivity (Wildman–Crippen MR) is 85.7 cm³/mol. The topological polar surface area (TPSA) is 54.0 Å². The molecule has 0 radical (unpaired) electrons. The molecule has 2 rings (SSSR count). The van der Waals surface area contributed by atoms with Crippen LogP contribution in [-0.2, 0) is 11.2 Å². The lowest BCUT2D eigenvalue weighted by molar-refractivity contribution is -0.115. The van der Waals surface area contributed by atoms with Crippen LogP contribution in [0.5, 0.6) is 0 Å². The molecule has 1 amide bonds. The van der Waals surface area contributed by atoms with Crippen LogP contribution in [0.4, 0.5) is 5.13 Å². The number of thiazole rings is 1. The van der Waals surface area contributed by atoms with Crippen molar-refractivity contribution in [2.24, 2.45) is 0 Å². The van der Waals surface area contributed by atoms with Gasteiger partial charge < -0.3 is 10.6 Å². The predicted octanol–water partition coefficient (Wildman–Crippen LogP) is 2.64. The Kier molecular flexibility index (Phi) is 7.22. The van der Waals surface area contributed by atoms with Crippen molar-refractivity contribution < 1.29 is 4.79 Å². The van der Waals surface area contributed by atoms with Gasteiger partial charge in [0.05, 0.1) is 12.2 Å². The van der Waals surface area contributed by atoms with Gasteiger partial charge in [-0.2, -0.15) is 0 Å². The first-order valence-electron chi connectivity index (χ1n) is 6.20. The SMILES string of the molecule is Cc1csc(NC(=O)CNCCc2ccccc2)n1.Cl. The Labute approximate surface area is 129 Å². The van der Waals surface area contributed by atoms with Gasteiger partial charge in [-0.3, -0.25) is 4.79 Å². The van der Waals surface area contributed by atoms with Gasteiger partial charge in [0, 0.05) is 5.38 Å². The van der Waals surface area contributed by atoms with Crippen LogP contribution in [0.1, 0.15) is 11.3 Å². The van der Waals surface area contributed by atoms with Crippen LogP contribution >= 0.6 is 23.7 Å². The van der Waals surface area contributed by atoms with Crippen LogP contribution in [0.15, 0.2) is 35.7 Å². The largest absolute Gasteiger partial charge is 0.308 e. The van der Waals surface area contributed by atoms with E-state index in [0.717, 1.165) is 18.7 Å². The molecule has 2 N–H and O–H groups in total. The van der Waals surface area contributed by atoms with Gasteiger partial charge in [-0.05, 0) is 25.5 Å². The number of hydrogen-bond donors (Lipinski definition) is 2. The van der Waals surface area contributed by atoms with E-state index in [2.05, 4.69) is 27.8 Å². The molecule has 0 bridgehead atoms. The maximum Gasteiger partial charge on any atom is 0.240 e. The second-order valence-electron chi connectivity index (χ2n) is 4.25. The Morgan fingerprint density at radius 3 is 2.70 bits per heavy atom.